The number of alkyl halides is 3. The molecule has 2 heterocycles. The molecule has 0 aliphatic carbocycles. The minimum absolute atomic E-state index is 0.238. The molecule has 10 heteroatoms. The molecule has 1 aliphatic heterocycles. The number of methoxy groups -OCH3 is 2. The average Bonchev–Trinajstić information content (AvgIpc) is 3.03. The number of benzene rings is 1. The zero-order chi connectivity index (χ0) is 19.1. The zero-order valence-corrected chi connectivity index (χ0v) is 13.8. The van der Waals surface area contributed by atoms with E-state index in [4.69, 9.17) is 9.47 Å². The molecule has 0 radical (unpaired) electrons. The largest absolute Gasteiger partial charge is 0.545 e. The number of carboxylic acid groups (broad SMARTS) is 1. The van der Waals surface area contributed by atoms with Crippen LogP contribution in [0.15, 0.2) is 24.4 Å². The van der Waals surface area contributed by atoms with E-state index in [0.29, 0.717) is 21.7 Å². The van der Waals surface area contributed by atoms with Gasteiger partial charge >= 0.3 is 6.18 Å². The molecule has 1 N–H and O–H groups in total. The lowest BCUT2D eigenvalue weighted by Gasteiger charge is -2.34. The van der Waals surface area contributed by atoms with Gasteiger partial charge in [-0.3, -0.25) is 0 Å². The number of aromatic nitrogens is 2. The van der Waals surface area contributed by atoms with E-state index in [1.165, 1.54) is 14.2 Å². The predicted molar refractivity (Wildman–Crippen MR) is 82.2 cm³/mol. The zero-order valence-electron chi connectivity index (χ0n) is 13.8. The van der Waals surface area contributed by atoms with E-state index in [1.54, 1.807) is 18.2 Å². The molecule has 0 amide bonds. The highest BCUT2D eigenvalue weighted by atomic mass is 19.4. The van der Waals surface area contributed by atoms with E-state index >= 15 is 0 Å². The molecule has 26 heavy (non-hydrogen) atoms. The number of hydrogen-bond donors (Lipinski definition) is 1. The summed E-state index contributed by atoms with van der Waals surface area (Å²) in [5.41, 5.74) is 0.0677. The molecule has 0 spiro atoms. The fraction of sp³-hybridized carbons (Fsp3) is 0.375. The fourth-order valence-corrected chi connectivity index (χ4v) is 3.00. The van der Waals surface area contributed by atoms with Crippen molar-refractivity contribution in [2.45, 2.75) is 24.7 Å². The van der Waals surface area contributed by atoms with E-state index in [2.05, 4.69) is 10.4 Å². The maximum Gasteiger partial charge on any atom is 0.410 e. The summed E-state index contributed by atoms with van der Waals surface area (Å²) in [5, 5.41) is 17.6. The molecular weight excluding hydrogens is 355 g/mol. The summed E-state index contributed by atoms with van der Waals surface area (Å²) < 4.78 is 51.4. The molecule has 1 aromatic heterocycles. The topological polar surface area (TPSA) is 88.4 Å². The quantitative estimate of drug-likeness (QED) is 0.885. The van der Waals surface area contributed by atoms with Crippen molar-refractivity contribution in [2.24, 2.45) is 0 Å². The fourth-order valence-electron chi connectivity index (χ4n) is 3.00. The monoisotopic (exact) mass is 370 g/mol. The molecule has 2 aromatic rings. The Morgan fingerprint density at radius 2 is 2.00 bits per heavy atom. The Morgan fingerprint density at radius 1 is 1.31 bits per heavy atom. The molecule has 0 bridgehead atoms. The van der Waals surface area contributed by atoms with Gasteiger partial charge in [-0.05, 0) is 17.7 Å². The molecular formula is C16H15F3N3O4-. The van der Waals surface area contributed by atoms with Crippen molar-refractivity contribution < 1.29 is 32.5 Å². The van der Waals surface area contributed by atoms with Gasteiger partial charge in [0.1, 0.15) is 5.82 Å². The van der Waals surface area contributed by atoms with Crippen molar-refractivity contribution in [2.75, 3.05) is 19.5 Å². The molecule has 0 unspecified atom stereocenters. The maximum absolute atomic E-state index is 13.5. The van der Waals surface area contributed by atoms with Crippen LogP contribution in [-0.4, -0.2) is 36.1 Å². The van der Waals surface area contributed by atoms with E-state index in [9.17, 15) is 23.1 Å². The van der Waals surface area contributed by atoms with Crippen molar-refractivity contribution in [3.63, 3.8) is 0 Å². The number of aromatic carboxylic acids is 1. The number of carbonyl (C=O) groups is 1. The third kappa shape index (κ3) is 3.02. The Balaban J connectivity index is 2.05. The van der Waals surface area contributed by atoms with Crippen LogP contribution in [0.3, 0.4) is 0 Å². The Bertz CT molecular complexity index is 835. The predicted octanol–water partition coefficient (Wildman–Crippen LogP) is 1.92. The number of hydrogen-bond acceptors (Lipinski definition) is 6. The molecule has 7 nitrogen and oxygen atoms in total. The number of anilines is 1. The van der Waals surface area contributed by atoms with Gasteiger partial charge < -0.3 is 24.7 Å². The Hall–Kier alpha value is -2.91. The summed E-state index contributed by atoms with van der Waals surface area (Å²) in [5.74, 6) is -1.06. The van der Waals surface area contributed by atoms with Crippen LogP contribution in [-0.2, 0) is 0 Å². The first-order chi connectivity index (χ1) is 12.3. The normalized spacial score (nSPS) is 19.4. The summed E-state index contributed by atoms with van der Waals surface area (Å²) >= 11 is 0. The molecule has 1 aliphatic rings. The smallest absolute Gasteiger partial charge is 0.410 e. The number of fused-ring (bicyclic) bond motifs is 1. The van der Waals surface area contributed by atoms with Gasteiger partial charge in [-0.15, -0.1) is 0 Å². The highest BCUT2D eigenvalue weighted by molar-refractivity contribution is 5.91. The first kappa shape index (κ1) is 17.9. The molecule has 140 valence electrons. The second-order valence-electron chi connectivity index (χ2n) is 5.74. The summed E-state index contributed by atoms with van der Waals surface area (Å²) in [4.78, 5) is 11.2. The van der Waals surface area contributed by atoms with Gasteiger partial charge in [-0.2, -0.15) is 18.3 Å². The van der Waals surface area contributed by atoms with Crippen molar-refractivity contribution in [1.29, 1.82) is 0 Å². The van der Waals surface area contributed by atoms with Crippen LogP contribution in [0.5, 0.6) is 11.5 Å². The van der Waals surface area contributed by atoms with Crippen LogP contribution in [0.1, 0.15) is 34.4 Å². The molecule has 0 saturated heterocycles. The molecule has 0 fully saturated rings. The second-order valence-corrected chi connectivity index (χ2v) is 5.74. The number of nitrogens with one attached hydrogen (secondary N) is 1. The number of ether oxygens (including phenoxy) is 2. The van der Waals surface area contributed by atoms with E-state index in [0.717, 1.165) is 6.20 Å². The Kier molecular flexibility index (Phi) is 4.43. The van der Waals surface area contributed by atoms with Crippen LogP contribution in [0, 0.1) is 0 Å². The number of carboxylic acids is 1. The van der Waals surface area contributed by atoms with Crippen molar-refractivity contribution in [3.8, 4) is 11.5 Å². The lowest BCUT2D eigenvalue weighted by atomic mass is 9.96. The standard InChI is InChI=1S/C16H16F3N3O4/c1-25-11-4-3-8(5-12(11)26-2)10-6-13(16(17,18)19)22-14(21-10)9(7-20-22)15(23)24/h3-5,7,10,13,21H,6H2,1-2H3,(H,23,24)/p-1/t10-,13-/m1/s1. The van der Waals surface area contributed by atoms with Crippen molar-refractivity contribution >= 4 is 11.8 Å². The van der Waals surface area contributed by atoms with Crippen molar-refractivity contribution in [1.82, 2.24) is 9.78 Å². The van der Waals surface area contributed by atoms with Crippen LogP contribution in [0.4, 0.5) is 19.0 Å². The summed E-state index contributed by atoms with van der Waals surface area (Å²) in [6, 6.07) is 1.95. The molecule has 1 aromatic carbocycles. The van der Waals surface area contributed by atoms with Crippen LogP contribution >= 0.6 is 0 Å². The van der Waals surface area contributed by atoms with Gasteiger partial charge in [0.05, 0.1) is 38.0 Å². The number of nitrogens with zero attached hydrogens (tertiary/aromatic N) is 2. The van der Waals surface area contributed by atoms with Crippen LogP contribution in [0.2, 0.25) is 0 Å². The lowest BCUT2D eigenvalue weighted by molar-refractivity contribution is -0.255. The molecule has 2 atom stereocenters. The third-order valence-electron chi connectivity index (χ3n) is 4.27. The summed E-state index contributed by atoms with van der Waals surface area (Å²) in [7, 11) is 2.86. The van der Waals surface area contributed by atoms with Crippen LogP contribution in [0.25, 0.3) is 0 Å². The van der Waals surface area contributed by atoms with E-state index < -0.39 is 29.8 Å². The van der Waals surface area contributed by atoms with Crippen molar-refractivity contribution in [3.05, 3.63) is 35.5 Å². The van der Waals surface area contributed by atoms with Gasteiger partial charge in [-0.25, -0.2) is 4.68 Å². The minimum Gasteiger partial charge on any atom is -0.545 e. The highest BCUT2D eigenvalue weighted by Crippen LogP contribution is 2.45. The molecule has 0 saturated carbocycles. The van der Waals surface area contributed by atoms with Crippen LogP contribution < -0.4 is 19.9 Å². The maximum atomic E-state index is 13.5. The lowest BCUT2D eigenvalue weighted by Crippen LogP contribution is -2.36. The Labute approximate surface area is 146 Å². The third-order valence-corrected chi connectivity index (χ3v) is 4.27. The number of rotatable bonds is 4. The van der Waals surface area contributed by atoms with Gasteiger partial charge in [0.25, 0.3) is 0 Å². The second kappa shape index (κ2) is 6.43. The first-order valence-corrected chi connectivity index (χ1v) is 7.60. The average molecular weight is 370 g/mol. The summed E-state index contributed by atoms with van der Waals surface area (Å²) in [6.07, 6.45) is -4.10. The Morgan fingerprint density at radius 3 is 2.58 bits per heavy atom. The number of carbonyl (C=O) groups excluding carboxylic acids is 1. The van der Waals surface area contributed by atoms with Gasteiger partial charge in [0.15, 0.2) is 17.5 Å². The van der Waals surface area contributed by atoms with Gasteiger partial charge in [0, 0.05) is 6.42 Å². The highest BCUT2D eigenvalue weighted by Gasteiger charge is 2.47. The van der Waals surface area contributed by atoms with Gasteiger partial charge in [-0.1, -0.05) is 6.07 Å². The van der Waals surface area contributed by atoms with E-state index in [1.807, 2.05) is 0 Å². The minimum atomic E-state index is -4.60. The van der Waals surface area contributed by atoms with E-state index in [-0.39, 0.29) is 12.2 Å². The first-order valence-electron chi connectivity index (χ1n) is 7.60. The SMILES string of the molecule is COc1ccc([C@H]2C[C@H](C(F)(F)F)n3ncc(C(=O)[O-])c3N2)cc1OC. The van der Waals surface area contributed by atoms with Gasteiger partial charge in [0.2, 0.25) is 0 Å². The summed E-state index contributed by atoms with van der Waals surface area (Å²) in [6.45, 7) is 0. The number of halogens is 3. The molecule has 3 rings (SSSR count).